The van der Waals surface area contributed by atoms with Crippen molar-refractivity contribution in [3.8, 4) is 0 Å². The molecule has 1 aromatic rings. The fraction of sp³-hybridized carbons (Fsp3) is 0.688. The molecule has 1 saturated carbocycles. The van der Waals surface area contributed by atoms with Gasteiger partial charge in [-0.3, -0.25) is 9.59 Å². The first-order chi connectivity index (χ1) is 10.7. The maximum atomic E-state index is 13.0. The van der Waals surface area contributed by atoms with Crippen LogP contribution in [-0.2, 0) is 9.59 Å². The van der Waals surface area contributed by atoms with Crippen LogP contribution >= 0.6 is 11.3 Å². The SMILES string of the molecule is O=C1C[C@H](C(=O)N2CCCC[C@@H]2c2nccs2)CN1C1CC1. The standard InChI is InChI=1S/C16H21N3O2S/c20-14-9-11(10-19(14)12-4-5-12)16(21)18-7-2-1-3-13(18)15-17-6-8-22-15/h6,8,11-13H,1-5,7,9-10H2/t11-,13+/m0/s1. The van der Waals surface area contributed by atoms with Crippen LogP contribution in [0.3, 0.4) is 0 Å². The normalized spacial score (nSPS) is 29.2. The molecule has 2 atom stereocenters. The Morgan fingerprint density at radius 2 is 2.14 bits per heavy atom. The Morgan fingerprint density at radius 3 is 2.86 bits per heavy atom. The average Bonchev–Trinajstić information content (AvgIpc) is 3.09. The van der Waals surface area contributed by atoms with Crippen molar-refractivity contribution >= 4 is 23.2 Å². The molecule has 6 heteroatoms. The van der Waals surface area contributed by atoms with Gasteiger partial charge in [0.2, 0.25) is 11.8 Å². The van der Waals surface area contributed by atoms with Crippen molar-refractivity contribution < 1.29 is 9.59 Å². The van der Waals surface area contributed by atoms with Crippen LogP contribution in [-0.4, -0.2) is 45.7 Å². The number of thiazole rings is 1. The molecule has 118 valence electrons. The van der Waals surface area contributed by atoms with E-state index in [1.807, 2.05) is 21.4 Å². The summed E-state index contributed by atoms with van der Waals surface area (Å²) in [5.41, 5.74) is 0. The fourth-order valence-electron chi connectivity index (χ4n) is 3.72. The molecule has 4 rings (SSSR count). The summed E-state index contributed by atoms with van der Waals surface area (Å²) < 4.78 is 0. The molecule has 1 aromatic heterocycles. The molecule has 2 amide bonds. The van der Waals surface area contributed by atoms with Gasteiger partial charge in [-0.2, -0.15) is 0 Å². The van der Waals surface area contributed by atoms with E-state index in [1.165, 1.54) is 0 Å². The number of hydrogen-bond donors (Lipinski definition) is 0. The Hall–Kier alpha value is -1.43. The van der Waals surface area contributed by atoms with E-state index in [0.29, 0.717) is 19.0 Å². The number of aromatic nitrogens is 1. The van der Waals surface area contributed by atoms with Crippen LogP contribution in [0, 0.1) is 5.92 Å². The lowest BCUT2D eigenvalue weighted by molar-refractivity contribution is -0.139. The van der Waals surface area contributed by atoms with E-state index in [1.54, 1.807) is 11.3 Å². The zero-order valence-electron chi connectivity index (χ0n) is 12.6. The van der Waals surface area contributed by atoms with E-state index in [9.17, 15) is 9.59 Å². The summed E-state index contributed by atoms with van der Waals surface area (Å²) in [4.78, 5) is 33.4. The minimum Gasteiger partial charge on any atom is -0.339 e. The van der Waals surface area contributed by atoms with Crippen LogP contribution in [0.5, 0.6) is 0 Å². The van der Waals surface area contributed by atoms with Crippen molar-refractivity contribution in [1.82, 2.24) is 14.8 Å². The molecule has 0 aromatic carbocycles. The Balaban J connectivity index is 1.49. The summed E-state index contributed by atoms with van der Waals surface area (Å²) in [6.07, 6.45) is 7.62. The van der Waals surface area contributed by atoms with Crippen molar-refractivity contribution in [2.24, 2.45) is 5.92 Å². The fourth-order valence-corrected chi connectivity index (χ4v) is 4.51. The summed E-state index contributed by atoms with van der Waals surface area (Å²) >= 11 is 1.63. The van der Waals surface area contributed by atoms with Gasteiger partial charge in [0.1, 0.15) is 5.01 Å². The van der Waals surface area contributed by atoms with Crippen molar-refractivity contribution in [1.29, 1.82) is 0 Å². The lowest BCUT2D eigenvalue weighted by Crippen LogP contribution is -2.42. The van der Waals surface area contributed by atoms with Crippen molar-refractivity contribution in [2.45, 2.75) is 50.6 Å². The lowest BCUT2D eigenvalue weighted by atomic mass is 9.99. The second-order valence-electron chi connectivity index (χ2n) is 6.59. The number of hydrogen-bond acceptors (Lipinski definition) is 4. The zero-order valence-corrected chi connectivity index (χ0v) is 13.4. The van der Waals surface area contributed by atoms with Crippen molar-refractivity contribution in [3.63, 3.8) is 0 Å². The van der Waals surface area contributed by atoms with Crippen LogP contribution in [0.2, 0.25) is 0 Å². The largest absolute Gasteiger partial charge is 0.339 e. The Bertz CT molecular complexity index is 570. The molecular weight excluding hydrogens is 298 g/mol. The first-order valence-electron chi connectivity index (χ1n) is 8.23. The van der Waals surface area contributed by atoms with Crippen LogP contribution < -0.4 is 0 Å². The van der Waals surface area contributed by atoms with Gasteiger partial charge in [-0.1, -0.05) is 0 Å². The first kappa shape index (κ1) is 14.2. The van der Waals surface area contributed by atoms with Crippen LogP contribution in [0.1, 0.15) is 49.6 Å². The number of likely N-dealkylation sites (tertiary alicyclic amines) is 2. The second kappa shape index (κ2) is 5.65. The van der Waals surface area contributed by atoms with Crippen LogP contribution in [0.4, 0.5) is 0 Å². The summed E-state index contributed by atoms with van der Waals surface area (Å²) in [5, 5.41) is 3.01. The maximum Gasteiger partial charge on any atom is 0.228 e. The zero-order chi connectivity index (χ0) is 15.1. The molecule has 0 N–H and O–H groups in total. The summed E-state index contributed by atoms with van der Waals surface area (Å²) in [7, 11) is 0. The van der Waals surface area contributed by atoms with Gasteiger partial charge in [0.25, 0.3) is 0 Å². The monoisotopic (exact) mass is 319 g/mol. The summed E-state index contributed by atoms with van der Waals surface area (Å²) in [6.45, 7) is 1.43. The minimum atomic E-state index is -0.145. The van der Waals surface area contributed by atoms with Crippen LogP contribution in [0.15, 0.2) is 11.6 Å². The number of rotatable bonds is 3. The molecule has 3 heterocycles. The molecule has 3 aliphatic rings. The number of carbonyl (C=O) groups excluding carboxylic acids is 2. The van der Waals surface area contributed by atoms with E-state index >= 15 is 0 Å². The average molecular weight is 319 g/mol. The van der Waals surface area contributed by atoms with Gasteiger partial charge in [-0.25, -0.2) is 4.98 Å². The predicted octanol–water partition coefficient (Wildman–Crippen LogP) is 2.21. The highest BCUT2D eigenvalue weighted by Gasteiger charge is 2.44. The molecule has 2 saturated heterocycles. The maximum absolute atomic E-state index is 13.0. The van der Waals surface area contributed by atoms with Gasteiger partial charge in [-0.15, -0.1) is 11.3 Å². The molecule has 0 unspecified atom stereocenters. The molecule has 0 radical (unpaired) electrons. The highest BCUT2D eigenvalue weighted by atomic mass is 32.1. The topological polar surface area (TPSA) is 53.5 Å². The van der Waals surface area contributed by atoms with E-state index in [2.05, 4.69) is 4.98 Å². The van der Waals surface area contributed by atoms with E-state index in [-0.39, 0.29) is 23.8 Å². The highest BCUT2D eigenvalue weighted by Crippen LogP contribution is 2.37. The Kier molecular flexibility index (Phi) is 3.64. The van der Waals surface area contributed by atoms with Gasteiger partial charge < -0.3 is 9.80 Å². The molecule has 0 bridgehead atoms. The molecule has 2 aliphatic heterocycles. The molecule has 3 fully saturated rings. The second-order valence-corrected chi connectivity index (χ2v) is 7.52. The van der Waals surface area contributed by atoms with E-state index in [0.717, 1.165) is 43.7 Å². The van der Waals surface area contributed by atoms with E-state index in [4.69, 9.17) is 0 Å². The quantitative estimate of drug-likeness (QED) is 0.858. The minimum absolute atomic E-state index is 0.117. The smallest absolute Gasteiger partial charge is 0.228 e. The van der Waals surface area contributed by atoms with Gasteiger partial charge in [0, 0.05) is 37.1 Å². The number of nitrogens with zero attached hydrogens (tertiary/aromatic N) is 3. The molecule has 0 spiro atoms. The Morgan fingerprint density at radius 1 is 1.27 bits per heavy atom. The summed E-state index contributed by atoms with van der Waals surface area (Å²) in [6, 6.07) is 0.535. The number of carbonyl (C=O) groups is 2. The Labute approximate surface area is 134 Å². The molecule has 22 heavy (non-hydrogen) atoms. The highest BCUT2D eigenvalue weighted by molar-refractivity contribution is 7.09. The van der Waals surface area contributed by atoms with Crippen LogP contribution in [0.25, 0.3) is 0 Å². The third kappa shape index (κ3) is 2.53. The molecular formula is C16H21N3O2S. The van der Waals surface area contributed by atoms with Gasteiger partial charge in [0.15, 0.2) is 0 Å². The summed E-state index contributed by atoms with van der Waals surface area (Å²) in [5.74, 6) is 0.189. The number of piperidine rings is 1. The third-order valence-electron chi connectivity index (χ3n) is 5.02. The van der Waals surface area contributed by atoms with E-state index < -0.39 is 0 Å². The first-order valence-corrected chi connectivity index (χ1v) is 9.11. The van der Waals surface area contributed by atoms with Gasteiger partial charge >= 0.3 is 0 Å². The predicted molar refractivity (Wildman–Crippen MR) is 83.3 cm³/mol. The van der Waals surface area contributed by atoms with Gasteiger partial charge in [-0.05, 0) is 32.1 Å². The third-order valence-corrected chi connectivity index (χ3v) is 5.89. The van der Waals surface area contributed by atoms with Crippen molar-refractivity contribution in [2.75, 3.05) is 13.1 Å². The van der Waals surface area contributed by atoms with Gasteiger partial charge in [0.05, 0.1) is 12.0 Å². The lowest BCUT2D eigenvalue weighted by Gasteiger charge is -2.36. The number of amides is 2. The molecule has 1 aliphatic carbocycles. The van der Waals surface area contributed by atoms with Crippen molar-refractivity contribution in [3.05, 3.63) is 16.6 Å². The molecule has 5 nitrogen and oxygen atoms in total.